The Morgan fingerprint density at radius 3 is 1.93 bits per heavy atom. The minimum atomic E-state index is -2.63. The van der Waals surface area contributed by atoms with Gasteiger partial charge in [0.25, 0.3) is 0 Å². The fourth-order valence-electron chi connectivity index (χ4n) is 1.81. The molecule has 0 fully saturated rings. The van der Waals surface area contributed by atoms with Crippen LogP contribution in [0.25, 0.3) is 0 Å². The van der Waals surface area contributed by atoms with E-state index in [-0.39, 0.29) is 0 Å². The molecule has 0 unspecified atom stereocenters. The van der Waals surface area contributed by atoms with Gasteiger partial charge in [-0.15, -0.1) is 0 Å². The molecular formula is C11H27NO2Sn. The van der Waals surface area contributed by atoms with E-state index in [1.54, 1.807) is 0 Å². The summed E-state index contributed by atoms with van der Waals surface area (Å²) in [5, 5.41) is 0. The van der Waals surface area contributed by atoms with Gasteiger partial charge in [0.2, 0.25) is 0 Å². The molecule has 0 aromatic rings. The quantitative estimate of drug-likeness (QED) is 0.496. The number of unbranched alkanes of at least 4 members (excludes halogenated alkanes) is 2. The summed E-state index contributed by atoms with van der Waals surface area (Å²) >= 11 is -2.63. The predicted octanol–water partition coefficient (Wildman–Crippen LogP) is 2.65. The molecule has 0 radical (unpaired) electrons. The average Bonchev–Trinajstić information content (AvgIpc) is 2.25. The Bertz CT molecular complexity index is 139. The summed E-state index contributed by atoms with van der Waals surface area (Å²) in [4.78, 5) is 0. The van der Waals surface area contributed by atoms with Crippen LogP contribution in [-0.4, -0.2) is 39.0 Å². The molecule has 3 nitrogen and oxygen atoms in total. The van der Waals surface area contributed by atoms with E-state index in [4.69, 9.17) is 11.9 Å². The van der Waals surface area contributed by atoms with Gasteiger partial charge in [-0.2, -0.15) is 0 Å². The van der Waals surface area contributed by atoms with Crippen LogP contribution in [0.3, 0.4) is 0 Å². The van der Waals surface area contributed by atoms with Gasteiger partial charge in [-0.05, 0) is 0 Å². The van der Waals surface area contributed by atoms with Crippen molar-refractivity contribution in [2.75, 3.05) is 19.8 Å². The first kappa shape index (κ1) is 15.7. The molecule has 15 heavy (non-hydrogen) atoms. The van der Waals surface area contributed by atoms with Crippen LogP contribution in [0.4, 0.5) is 0 Å². The van der Waals surface area contributed by atoms with E-state index in [0.29, 0.717) is 0 Å². The Balaban J connectivity index is 3.96. The van der Waals surface area contributed by atoms with Crippen molar-refractivity contribution in [2.24, 2.45) is 5.73 Å². The fourth-order valence-corrected chi connectivity index (χ4v) is 10.3. The van der Waals surface area contributed by atoms with Crippen LogP contribution in [0.1, 0.15) is 40.0 Å². The molecule has 2 N–H and O–H groups in total. The summed E-state index contributed by atoms with van der Waals surface area (Å²) in [6, 6.07) is 0. The molecule has 0 aliphatic rings. The normalized spacial score (nSPS) is 12.0. The van der Waals surface area contributed by atoms with Crippen molar-refractivity contribution >= 4 is 19.2 Å². The first-order chi connectivity index (χ1) is 7.24. The van der Waals surface area contributed by atoms with E-state index in [1.807, 2.05) is 0 Å². The van der Waals surface area contributed by atoms with Crippen LogP contribution in [0.15, 0.2) is 0 Å². The van der Waals surface area contributed by atoms with Gasteiger partial charge < -0.3 is 0 Å². The van der Waals surface area contributed by atoms with Gasteiger partial charge in [0.1, 0.15) is 0 Å². The first-order valence-electron chi connectivity index (χ1n) is 6.22. The third-order valence-corrected chi connectivity index (χ3v) is 13.5. The fraction of sp³-hybridized carbons (Fsp3) is 1.00. The van der Waals surface area contributed by atoms with Gasteiger partial charge >= 0.3 is 99.8 Å². The van der Waals surface area contributed by atoms with Crippen LogP contribution < -0.4 is 5.73 Å². The number of hydrogen-bond donors (Lipinski definition) is 1. The molecule has 0 atom stereocenters. The zero-order chi connectivity index (χ0) is 11.6. The van der Waals surface area contributed by atoms with E-state index in [2.05, 4.69) is 20.8 Å². The molecule has 0 aromatic carbocycles. The molecule has 0 saturated carbocycles. The van der Waals surface area contributed by atoms with Gasteiger partial charge in [0.15, 0.2) is 0 Å². The number of hydrogen-bond acceptors (Lipinski definition) is 3. The maximum absolute atomic E-state index is 5.96. The third kappa shape index (κ3) is 6.76. The molecule has 0 aromatic heterocycles. The molecule has 0 spiro atoms. The van der Waals surface area contributed by atoms with Crippen molar-refractivity contribution in [1.82, 2.24) is 0 Å². The summed E-state index contributed by atoms with van der Waals surface area (Å²) in [7, 11) is 0. The van der Waals surface area contributed by atoms with Crippen molar-refractivity contribution in [1.29, 1.82) is 0 Å². The van der Waals surface area contributed by atoms with Crippen LogP contribution >= 0.6 is 0 Å². The minimum absolute atomic E-state index is 0.803. The summed E-state index contributed by atoms with van der Waals surface area (Å²) in [5.74, 6) is 0. The average molecular weight is 324 g/mol. The molecule has 0 aliphatic heterocycles. The third-order valence-electron chi connectivity index (χ3n) is 2.62. The molecule has 0 bridgehead atoms. The van der Waals surface area contributed by atoms with Crippen LogP contribution in [0.5, 0.6) is 0 Å². The molecule has 4 heteroatoms. The molecule has 0 rings (SSSR count). The van der Waals surface area contributed by atoms with Gasteiger partial charge in [0, 0.05) is 0 Å². The summed E-state index contributed by atoms with van der Waals surface area (Å²) in [5.41, 5.74) is 5.48. The maximum atomic E-state index is 5.96. The monoisotopic (exact) mass is 325 g/mol. The van der Waals surface area contributed by atoms with Crippen LogP contribution in [0, 0.1) is 0 Å². The van der Waals surface area contributed by atoms with E-state index in [9.17, 15) is 0 Å². The van der Waals surface area contributed by atoms with E-state index < -0.39 is 19.2 Å². The molecule has 0 amide bonds. The van der Waals surface area contributed by atoms with E-state index in [1.165, 1.54) is 17.3 Å². The molecule has 0 aliphatic carbocycles. The molecular weight excluding hydrogens is 297 g/mol. The number of rotatable bonds is 10. The predicted molar refractivity (Wildman–Crippen MR) is 67.2 cm³/mol. The van der Waals surface area contributed by atoms with Crippen molar-refractivity contribution in [3.05, 3.63) is 0 Å². The van der Waals surface area contributed by atoms with Gasteiger partial charge in [-0.25, -0.2) is 0 Å². The Morgan fingerprint density at radius 2 is 1.53 bits per heavy atom. The molecule has 92 valence electrons. The van der Waals surface area contributed by atoms with Crippen molar-refractivity contribution in [3.63, 3.8) is 0 Å². The van der Waals surface area contributed by atoms with Crippen LogP contribution in [0.2, 0.25) is 8.87 Å². The zero-order valence-electron chi connectivity index (χ0n) is 10.6. The Kier molecular flexibility index (Phi) is 10.3. The Morgan fingerprint density at radius 1 is 0.933 bits per heavy atom. The van der Waals surface area contributed by atoms with Gasteiger partial charge in [-0.1, -0.05) is 0 Å². The summed E-state index contributed by atoms with van der Waals surface area (Å²) in [6.07, 6.45) is 3.57. The van der Waals surface area contributed by atoms with Crippen LogP contribution in [-0.2, 0) is 6.15 Å². The topological polar surface area (TPSA) is 44.5 Å². The van der Waals surface area contributed by atoms with E-state index >= 15 is 0 Å². The second-order valence-electron chi connectivity index (χ2n) is 3.73. The molecule has 0 saturated heterocycles. The molecule has 0 heterocycles. The first-order valence-corrected chi connectivity index (χ1v) is 12.6. The van der Waals surface area contributed by atoms with Crippen molar-refractivity contribution in [2.45, 2.75) is 48.9 Å². The Hall–Kier alpha value is 0.679. The summed E-state index contributed by atoms with van der Waals surface area (Å²) in [6.45, 7) is 8.77. The van der Waals surface area contributed by atoms with Crippen molar-refractivity contribution < 1.29 is 6.15 Å². The zero-order valence-corrected chi connectivity index (χ0v) is 13.4. The second-order valence-corrected chi connectivity index (χ2v) is 14.0. The Labute approximate surface area is 99.7 Å². The SMILES string of the molecule is CC[O][Sn]([CH2]C)([CH2]CCCCN)[O]CC. The van der Waals surface area contributed by atoms with Gasteiger partial charge in [0.05, 0.1) is 0 Å². The van der Waals surface area contributed by atoms with E-state index in [0.717, 1.165) is 30.6 Å². The standard InChI is InChI=1S/C5H12N.2C2H5O.C2H5.Sn/c1-2-3-4-5-6;2*1-2-3;1-2;/h1-6H2;2*2H2,1H3;1H2,2H3;/q;2*-1;;+2. The summed E-state index contributed by atoms with van der Waals surface area (Å²) < 4.78 is 14.2. The number of nitrogens with two attached hydrogens (primary N) is 1. The second kappa shape index (κ2) is 9.87. The van der Waals surface area contributed by atoms with Gasteiger partial charge in [-0.3, -0.25) is 0 Å². The van der Waals surface area contributed by atoms with Crippen molar-refractivity contribution in [3.8, 4) is 0 Å².